The average molecular weight is 287 g/mol. The van der Waals surface area contributed by atoms with Crippen LogP contribution in [0.4, 0.5) is 0 Å². The van der Waals surface area contributed by atoms with Crippen LogP contribution in [0.1, 0.15) is 49.1 Å². The van der Waals surface area contributed by atoms with E-state index in [1.165, 1.54) is 5.56 Å². The molecule has 1 fully saturated rings. The maximum Gasteiger partial charge on any atom is 0.305 e. The van der Waals surface area contributed by atoms with Gasteiger partial charge in [-0.25, -0.2) is 0 Å². The first-order valence-corrected chi connectivity index (χ1v) is 7.77. The molecule has 0 saturated heterocycles. The van der Waals surface area contributed by atoms with Gasteiger partial charge in [0.25, 0.3) is 0 Å². The van der Waals surface area contributed by atoms with Crippen LogP contribution >= 0.6 is 0 Å². The van der Waals surface area contributed by atoms with E-state index in [-0.39, 0.29) is 24.3 Å². The van der Waals surface area contributed by atoms with Crippen molar-refractivity contribution in [2.45, 2.75) is 50.5 Å². The summed E-state index contributed by atoms with van der Waals surface area (Å²) in [5.41, 5.74) is 2.42. The number of carboxylic acids is 1. The second-order valence-electron chi connectivity index (χ2n) is 6.05. The van der Waals surface area contributed by atoms with Crippen LogP contribution in [-0.4, -0.2) is 34.5 Å². The third kappa shape index (κ3) is 3.09. The molecular weight excluding hydrogens is 266 g/mol. The number of aryl methyl sites for hydroxylation is 1. The normalized spacial score (nSPS) is 20.7. The van der Waals surface area contributed by atoms with Gasteiger partial charge in [0.1, 0.15) is 0 Å². The van der Waals surface area contributed by atoms with E-state index in [0.29, 0.717) is 6.54 Å². The molecule has 2 aliphatic carbocycles. The van der Waals surface area contributed by atoms with Crippen molar-refractivity contribution >= 4 is 11.9 Å². The van der Waals surface area contributed by atoms with E-state index in [1.54, 1.807) is 0 Å². The van der Waals surface area contributed by atoms with Gasteiger partial charge in [-0.3, -0.25) is 9.59 Å². The zero-order chi connectivity index (χ0) is 14.8. The van der Waals surface area contributed by atoms with E-state index in [4.69, 9.17) is 5.11 Å². The lowest BCUT2D eigenvalue weighted by Gasteiger charge is -2.30. The largest absolute Gasteiger partial charge is 0.481 e. The van der Waals surface area contributed by atoms with Crippen molar-refractivity contribution < 1.29 is 14.7 Å². The van der Waals surface area contributed by atoms with Crippen LogP contribution in [0.25, 0.3) is 0 Å². The van der Waals surface area contributed by atoms with Crippen LogP contribution in [0.3, 0.4) is 0 Å². The molecule has 0 aliphatic heterocycles. The first-order valence-electron chi connectivity index (χ1n) is 7.77. The smallest absolute Gasteiger partial charge is 0.305 e. The number of rotatable bonds is 5. The van der Waals surface area contributed by atoms with Gasteiger partial charge in [-0.15, -0.1) is 0 Å². The molecule has 1 atom stereocenters. The summed E-state index contributed by atoms with van der Waals surface area (Å²) in [6.45, 7) is 0.345. The summed E-state index contributed by atoms with van der Waals surface area (Å²) in [6.07, 6.45) is 5.02. The summed E-state index contributed by atoms with van der Waals surface area (Å²) in [6, 6.07) is 8.44. The van der Waals surface area contributed by atoms with E-state index < -0.39 is 5.97 Å². The monoisotopic (exact) mass is 287 g/mol. The van der Waals surface area contributed by atoms with Crippen molar-refractivity contribution in [3.05, 3.63) is 35.4 Å². The summed E-state index contributed by atoms with van der Waals surface area (Å²) in [5.74, 6) is -0.785. The Balaban J connectivity index is 1.78. The fraction of sp³-hybridized carbons (Fsp3) is 0.529. The number of nitrogens with zero attached hydrogens (tertiary/aromatic N) is 1. The summed E-state index contributed by atoms with van der Waals surface area (Å²) >= 11 is 0. The minimum absolute atomic E-state index is 0.0383. The van der Waals surface area contributed by atoms with Gasteiger partial charge >= 0.3 is 5.97 Å². The topological polar surface area (TPSA) is 57.6 Å². The minimum Gasteiger partial charge on any atom is -0.481 e. The molecule has 1 aromatic rings. The molecule has 0 aromatic heterocycles. The fourth-order valence-electron chi connectivity index (χ4n) is 3.29. The molecule has 3 rings (SSSR count). The molecule has 2 aliphatic rings. The summed E-state index contributed by atoms with van der Waals surface area (Å²) in [5, 5.41) is 8.88. The molecule has 112 valence electrons. The van der Waals surface area contributed by atoms with Crippen LogP contribution in [-0.2, 0) is 16.0 Å². The Hall–Kier alpha value is -1.84. The molecule has 0 spiro atoms. The second-order valence-corrected chi connectivity index (χ2v) is 6.05. The molecule has 21 heavy (non-hydrogen) atoms. The van der Waals surface area contributed by atoms with E-state index in [2.05, 4.69) is 12.1 Å². The van der Waals surface area contributed by atoms with Gasteiger partial charge in [0.2, 0.25) is 5.91 Å². The number of benzene rings is 1. The van der Waals surface area contributed by atoms with Crippen molar-refractivity contribution in [1.29, 1.82) is 0 Å². The predicted octanol–water partition coefficient (Wildman–Crippen LogP) is 2.57. The first kappa shape index (κ1) is 14.1. The molecule has 4 heteroatoms. The van der Waals surface area contributed by atoms with Gasteiger partial charge in [-0.1, -0.05) is 24.3 Å². The Morgan fingerprint density at radius 1 is 1.19 bits per heavy atom. The SMILES string of the molecule is O=C(O)CCN(C(=O)[C@@H]1CCCc2ccccc21)C1CC1. The number of amides is 1. The number of hydrogen-bond donors (Lipinski definition) is 1. The third-order valence-electron chi connectivity index (χ3n) is 4.50. The highest BCUT2D eigenvalue weighted by molar-refractivity contribution is 5.85. The minimum atomic E-state index is -0.836. The number of fused-ring (bicyclic) bond motifs is 1. The van der Waals surface area contributed by atoms with Crippen molar-refractivity contribution in [3.63, 3.8) is 0 Å². The van der Waals surface area contributed by atoms with E-state index in [0.717, 1.165) is 37.7 Å². The van der Waals surface area contributed by atoms with Gasteiger partial charge in [-0.2, -0.15) is 0 Å². The molecule has 1 saturated carbocycles. The summed E-state index contributed by atoms with van der Waals surface area (Å²) < 4.78 is 0. The lowest BCUT2D eigenvalue weighted by atomic mass is 9.82. The maximum atomic E-state index is 12.9. The standard InChI is InChI=1S/C17H21NO3/c19-16(20)10-11-18(13-8-9-13)17(21)15-7-3-5-12-4-1-2-6-14(12)15/h1-2,4,6,13,15H,3,5,7-11H2,(H,19,20)/t15-/m1/s1. The highest BCUT2D eigenvalue weighted by Gasteiger charge is 2.37. The zero-order valence-electron chi connectivity index (χ0n) is 12.1. The van der Waals surface area contributed by atoms with Crippen LogP contribution in [0.15, 0.2) is 24.3 Å². The lowest BCUT2D eigenvalue weighted by molar-refractivity contribution is -0.139. The van der Waals surface area contributed by atoms with Gasteiger partial charge in [0, 0.05) is 12.6 Å². The third-order valence-corrected chi connectivity index (χ3v) is 4.50. The quantitative estimate of drug-likeness (QED) is 0.905. The number of hydrogen-bond acceptors (Lipinski definition) is 2. The Morgan fingerprint density at radius 3 is 2.67 bits per heavy atom. The second kappa shape index (κ2) is 5.88. The number of aliphatic carboxylic acids is 1. The Labute approximate surface area is 124 Å². The average Bonchev–Trinajstić information content (AvgIpc) is 3.31. The van der Waals surface area contributed by atoms with E-state index >= 15 is 0 Å². The van der Waals surface area contributed by atoms with Gasteiger partial charge in [0.15, 0.2) is 0 Å². The van der Waals surface area contributed by atoms with Gasteiger partial charge in [-0.05, 0) is 43.2 Å². The molecule has 0 unspecified atom stereocenters. The number of carbonyl (C=O) groups is 2. The molecule has 1 amide bonds. The Bertz CT molecular complexity index is 551. The molecule has 0 bridgehead atoms. The van der Waals surface area contributed by atoms with Crippen molar-refractivity contribution in [2.24, 2.45) is 0 Å². The maximum absolute atomic E-state index is 12.9. The lowest BCUT2D eigenvalue weighted by Crippen LogP contribution is -2.39. The highest BCUT2D eigenvalue weighted by Crippen LogP contribution is 2.36. The fourth-order valence-corrected chi connectivity index (χ4v) is 3.29. The van der Waals surface area contributed by atoms with Crippen LogP contribution < -0.4 is 0 Å². The highest BCUT2D eigenvalue weighted by atomic mass is 16.4. The molecular formula is C17H21NO3. The van der Waals surface area contributed by atoms with Gasteiger partial charge in [0.05, 0.1) is 12.3 Å². The number of carboxylic acid groups (broad SMARTS) is 1. The van der Waals surface area contributed by atoms with Crippen molar-refractivity contribution in [3.8, 4) is 0 Å². The van der Waals surface area contributed by atoms with E-state index in [1.807, 2.05) is 17.0 Å². The molecule has 1 N–H and O–H groups in total. The zero-order valence-corrected chi connectivity index (χ0v) is 12.1. The summed E-state index contributed by atoms with van der Waals surface area (Å²) in [7, 11) is 0. The Morgan fingerprint density at radius 2 is 1.95 bits per heavy atom. The Kier molecular flexibility index (Phi) is 3.95. The van der Waals surface area contributed by atoms with E-state index in [9.17, 15) is 9.59 Å². The molecule has 0 radical (unpaired) electrons. The van der Waals surface area contributed by atoms with Gasteiger partial charge < -0.3 is 10.0 Å². The summed E-state index contributed by atoms with van der Waals surface area (Å²) in [4.78, 5) is 25.5. The van der Waals surface area contributed by atoms with Crippen molar-refractivity contribution in [1.82, 2.24) is 4.90 Å². The predicted molar refractivity (Wildman–Crippen MR) is 79.1 cm³/mol. The van der Waals surface area contributed by atoms with Crippen LogP contribution in [0, 0.1) is 0 Å². The molecule has 1 aromatic carbocycles. The van der Waals surface area contributed by atoms with Crippen LogP contribution in [0.5, 0.6) is 0 Å². The molecule has 4 nitrogen and oxygen atoms in total. The number of carbonyl (C=O) groups excluding carboxylic acids is 1. The molecule has 0 heterocycles. The van der Waals surface area contributed by atoms with Crippen LogP contribution in [0.2, 0.25) is 0 Å². The van der Waals surface area contributed by atoms with Crippen molar-refractivity contribution in [2.75, 3.05) is 6.54 Å². The first-order chi connectivity index (χ1) is 10.2.